The van der Waals surface area contributed by atoms with Gasteiger partial charge in [-0.05, 0) is 59.9 Å². The SMILES string of the molecule is CC(C)c1ccc(SCCCc2ccc(N)cc2)cc1. The first-order valence-electron chi connectivity index (χ1n) is 7.22. The van der Waals surface area contributed by atoms with Gasteiger partial charge in [0.25, 0.3) is 0 Å². The number of rotatable bonds is 6. The molecule has 0 aliphatic rings. The van der Waals surface area contributed by atoms with Crippen molar-refractivity contribution < 1.29 is 0 Å². The van der Waals surface area contributed by atoms with E-state index in [0.717, 1.165) is 17.9 Å². The van der Waals surface area contributed by atoms with Gasteiger partial charge >= 0.3 is 0 Å². The van der Waals surface area contributed by atoms with Gasteiger partial charge in [0.05, 0.1) is 0 Å². The Morgan fingerprint density at radius 3 is 2.20 bits per heavy atom. The average Bonchev–Trinajstić information content (AvgIpc) is 2.46. The molecule has 0 saturated carbocycles. The lowest BCUT2D eigenvalue weighted by Gasteiger charge is -2.07. The van der Waals surface area contributed by atoms with Crippen LogP contribution in [0.25, 0.3) is 0 Å². The molecule has 0 aromatic heterocycles. The summed E-state index contributed by atoms with van der Waals surface area (Å²) in [6, 6.07) is 17.2. The summed E-state index contributed by atoms with van der Waals surface area (Å²) >= 11 is 1.94. The lowest BCUT2D eigenvalue weighted by Crippen LogP contribution is -1.90. The molecule has 20 heavy (non-hydrogen) atoms. The van der Waals surface area contributed by atoms with Gasteiger partial charge in [0, 0.05) is 10.6 Å². The average molecular weight is 285 g/mol. The summed E-state index contributed by atoms with van der Waals surface area (Å²) in [7, 11) is 0. The van der Waals surface area contributed by atoms with Crippen molar-refractivity contribution in [1.82, 2.24) is 0 Å². The highest BCUT2D eigenvalue weighted by atomic mass is 32.2. The van der Waals surface area contributed by atoms with Crippen LogP contribution in [-0.4, -0.2) is 5.75 Å². The molecule has 2 heteroatoms. The second kappa shape index (κ2) is 7.39. The van der Waals surface area contributed by atoms with Crippen molar-refractivity contribution in [3.05, 3.63) is 59.7 Å². The molecule has 1 nitrogen and oxygen atoms in total. The van der Waals surface area contributed by atoms with E-state index in [-0.39, 0.29) is 0 Å². The zero-order chi connectivity index (χ0) is 14.4. The summed E-state index contributed by atoms with van der Waals surface area (Å²) in [6.07, 6.45) is 2.32. The lowest BCUT2D eigenvalue weighted by atomic mass is 10.0. The summed E-state index contributed by atoms with van der Waals surface area (Å²) in [4.78, 5) is 1.37. The van der Waals surface area contributed by atoms with Crippen LogP contribution in [0.1, 0.15) is 37.3 Å². The van der Waals surface area contributed by atoms with E-state index >= 15 is 0 Å². The van der Waals surface area contributed by atoms with Gasteiger partial charge in [-0.2, -0.15) is 0 Å². The number of aryl methyl sites for hydroxylation is 1. The summed E-state index contributed by atoms with van der Waals surface area (Å²) in [6.45, 7) is 4.46. The van der Waals surface area contributed by atoms with Crippen LogP contribution in [-0.2, 0) is 6.42 Å². The van der Waals surface area contributed by atoms with E-state index in [9.17, 15) is 0 Å². The van der Waals surface area contributed by atoms with Crippen LogP contribution in [0.4, 0.5) is 5.69 Å². The summed E-state index contributed by atoms with van der Waals surface area (Å²) in [5.74, 6) is 1.77. The Hall–Kier alpha value is -1.41. The minimum absolute atomic E-state index is 0.611. The van der Waals surface area contributed by atoms with Gasteiger partial charge in [-0.3, -0.25) is 0 Å². The molecule has 0 spiro atoms. The highest BCUT2D eigenvalue weighted by molar-refractivity contribution is 7.99. The standard InChI is InChI=1S/C18H23NS/c1-14(2)16-7-11-18(12-8-16)20-13-3-4-15-5-9-17(19)10-6-15/h5-12,14H,3-4,13,19H2,1-2H3. The molecule has 2 N–H and O–H groups in total. The largest absolute Gasteiger partial charge is 0.399 e. The molecule has 2 aromatic rings. The fourth-order valence-electron chi connectivity index (χ4n) is 2.10. The number of thioether (sulfide) groups is 1. The van der Waals surface area contributed by atoms with E-state index in [0.29, 0.717) is 5.92 Å². The molecule has 0 atom stereocenters. The van der Waals surface area contributed by atoms with Crippen LogP contribution < -0.4 is 5.73 Å². The fraction of sp³-hybridized carbons (Fsp3) is 0.333. The maximum Gasteiger partial charge on any atom is 0.0314 e. The number of hydrogen-bond acceptors (Lipinski definition) is 2. The van der Waals surface area contributed by atoms with E-state index in [1.54, 1.807) is 0 Å². The van der Waals surface area contributed by atoms with Crippen LogP contribution in [0.15, 0.2) is 53.4 Å². The van der Waals surface area contributed by atoms with Gasteiger partial charge in [0.2, 0.25) is 0 Å². The van der Waals surface area contributed by atoms with Crippen molar-refractivity contribution in [1.29, 1.82) is 0 Å². The molecule has 0 bridgehead atoms. The highest BCUT2D eigenvalue weighted by Gasteiger charge is 2.00. The Morgan fingerprint density at radius 1 is 0.950 bits per heavy atom. The van der Waals surface area contributed by atoms with Crippen LogP contribution in [0.5, 0.6) is 0 Å². The van der Waals surface area contributed by atoms with Crippen molar-refractivity contribution in [2.24, 2.45) is 0 Å². The van der Waals surface area contributed by atoms with Crippen molar-refractivity contribution in [2.45, 2.75) is 37.5 Å². The van der Waals surface area contributed by atoms with Crippen molar-refractivity contribution in [3.63, 3.8) is 0 Å². The third-order valence-corrected chi connectivity index (χ3v) is 4.50. The smallest absolute Gasteiger partial charge is 0.0314 e. The van der Waals surface area contributed by atoms with Gasteiger partial charge in [0.1, 0.15) is 0 Å². The molecule has 0 fully saturated rings. The third kappa shape index (κ3) is 4.61. The van der Waals surface area contributed by atoms with Crippen LogP contribution in [0.3, 0.4) is 0 Å². The van der Waals surface area contributed by atoms with Crippen molar-refractivity contribution in [3.8, 4) is 0 Å². The van der Waals surface area contributed by atoms with Gasteiger partial charge in [0.15, 0.2) is 0 Å². The zero-order valence-corrected chi connectivity index (χ0v) is 13.1. The van der Waals surface area contributed by atoms with E-state index in [4.69, 9.17) is 5.73 Å². The molecular formula is C18H23NS. The Morgan fingerprint density at radius 2 is 1.60 bits per heavy atom. The third-order valence-electron chi connectivity index (χ3n) is 3.41. The van der Waals surface area contributed by atoms with Gasteiger partial charge in [-0.1, -0.05) is 38.1 Å². The second-order valence-electron chi connectivity index (χ2n) is 5.42. The summed E-state index contributed by atoms with van der Waals surface area (Å²) < 4.78 is 0. The van der Waals surface area contributed by atoms with Crippen molar-refractivity contribution in [2.75, 3.05) is 11.5 Å². The Balaban J connectivity index is 1.74. The van der Waals surface area contributed by atoms with Gasteiger partial charge in [-0.25, -0.2) is 0 Å². The zero-order valence-electron chi connectivity index (χ0n) is 12.3. The normalized spacial score (nSPS) is 10.9. The van der Waals surface area contributed by atoms with Crippen LogP contribution in [0, 0.1) is 0 Å². The molecule has 0 radical (unpaired) electrons. The maximum absolute atomic E-state index is 5.69. The molecule has 0 aliphatic heterocycles. The Bertz CT molecular complexity index is 514. The highest BCUT2D eigenvalue weighted by Crippen LogP contribution is 2.22. The van der Waals surface area contributed by atoms with Crippen LogP contribution >= 0.6 is 11.8 Å². The number of hydrogen-bond donors (Lipinski definition) is 1. The molecular weight excluding hydrogens is 262 g/mol. The Kier molecular flexibility index (Phi) is 5.54. The summed E-state index contributed by atoms with van der Waals surface area (Å²) in [5.41, 5.74) is 9.31. The lowest BCUT2D eigenvalue weighted by molar-refractivity contribution is 0.864. The predicted octanol–water partition coefficient (Wildman–Crippen LogP) is 5.12. The first-order valence-corrected chi connectivity index (χ1v) is 8.21. The van der Waals surface area contributed by atoms with E-state index < -0.39 is 0 Å². The molecule has 0 amide bonds. The predicted molar refractivity (Wildman–Crippen MR) is 90.4 cm³/mol. The van der Waals surface area contributed by atoms with Crippen LogP contribution in [0.2, 0.25) is 0 Å². The molecule has 0 aliphatic carbocycles. The molecule has 0 saturated heterocycles. The quantitative estimate of drug-likeness (QED) is 0.453. The van der Waals surface area contributed by atoms with E-state index in [1.165, 1.54) is 22.4 Å². The minimum Gasteiger partial charge on any atom is -0.399 e. The summed E-state index contributed by atoms with van der Waals surface area (Å²) in [5, 5.41) is 0. The molecule has 106 valence electrons. The first kappa shape index (κ1) is 15.0. The van der Waals surface area contributed by atoms with Gasteiger partial charge in [-0.15, -0.1) is 11.8 Å². The molecule has 0 unspecified atom stereocenters. The van der Waals surface area contributed by atoms with Gasteiger partial charge < -0.3 is 5.73 Å². The van der Waals surface area contributed by atoms with Crippen molar-refractivity contribution >= 4 is 17.4 Å². The second-order valence-corrected chi connectivity index (χ2v) is 6.59. The fourth-order valence-corrected chi connectivity index (χ4v) is 2.95. The number of nitrogen functional groups attached to an aromatic ring is 1. The van der Waals surface area contributed by atoms with E-state index in [1.807, 2.05) is 23.9 Å². The Labute approximate surface area is 126 Å². The molecule has 0 heterocycles. The van der Waals surface area contributed by atoms with E-state index in [2.05, 4.69) is 50.2 Å². The first-order chi connectivity index (χ1) is 9.65. The molecule has 2 rings (SSSR count). The molecule has 2 aromatic carbocycles. The number of benzene rings is 2. The number of anilines is 1. The maximum atomic E-state index is 5.69. The monoisotopic (exact) mass is 285 g/mol. The topological polar surface area (TPSA) is 26.0 Å². The minimum atomic E-state index is 0.611. The number of nitrogens with two attached hydrogens (primary N) is 1.